The lowest BCUT2D eigenvalue weighted by Crippen LogP contribution is -2.00. The first-order valence-corrected chi connectivity index (χ1v) is 6.69. The van der Waals surface area contributed by atoms with E-state index in [4.69, 9.17) is 10.5 Å². The van der Waals surface area contributed by atoms with Crippen LogP contribution in [0.5, 0.6) is 5.75 Å². The van der Waals surface area contributed by atoms with Crippen LogP contribution in [0.2, 0.25) is 0 Å². The Kier molecular flexibility index (Phi) is 3.40. The average Bonchev–Trinajstić information content (AvgIpc) is 2.53. The summed E-state index contributed by atoms with van der Waals surface area (Å²) in [5.41, 5.74) is 9.45. The van der Waals surface area contributed by atoms with Gasteiger partial charge in [0, 0.05) is 11.9 Å². The number of hydrogen-bond acceptors (Lipinski definition) is 2. The van der Waals surface area contributed by atoms with Gasteiger partial charge in [-0.15, -0.1) is 0 Å². The summed E-state index contributed by atoms with van der Waals surface area (Å²) in [7, 11) is 1.70. The quantitative estimate of drug-likeness (QED) is 0.776. The summed E-state index contributed by atoms with van der Waals surface area (Å²) in [6, 6.07) is 20.7. The van der Waals surface area contributed by atoms with Crippen molar-refractivity contribution in [1.82, 2.24) is 0 Å². The van der Waals surface area contributed by atoms with Gasteiger partial charge in [0.2, 0.25) is 0 Å². The van der Waals surface area contributed by atoms with Crippen LogP contribution in [-0.4, -0.2) is 7.11 Å². The van der Waals surface area contributed by atoms with Crippen LogP contribution < -0.4 is 10.5 Å². The molecule has 20 heavy (non-hydrogen) atoms. The minimum atomic E-state index is 0.525. The number of fused-ring (bicyclic) bond motifs is 1. The summed E-state index contributed by atoms with van der Waals surface area (Å²) in [5.74, 6) is 0.892. The highest BCUT2D eigenvalue weighted by molar-refractivity contribution is 6.01. The van der Waals surface area contributed by atoms with E-state index in [1.807, 2.05) is 18.2 Å². The van der Waals surface area contributed by atoms with E-state index < -0.39 is 0 Å². The predicted octanol–water partition coefficient (Wildman–Crippen LogP) is 3.97. The first-order chi connectivity index (χ1) is 9.85. The third-order valence-electron chi connectivity index (χ3n) is 3.61. The van der Waals surface area contributed by atoms with Gasteiger partial charge in [-0.2, -0.15) is 0 Å². The Morgan fingerprint density at radius 1 is 0.850 bits per heavy atom. The molecule has 0 saturated carbocycles. The molecule has 3 rings (SSSR count). The minimum absolute atomic E-state index is 0.525. The molecule has 2 heteroatoms. The molecule has 0 atom stereocenters. The first kappa shape index (κ1) is 12.7. The molecule has 0 spiro atoms. The van der Waals surface area contributed by atoms with Crippen molar-refractivity contribution in [3.63, 3.8) is 0 Å². The maximum atomic E-state index is 5.92. The Morgan fingerprint density at radius 2 is 1.65 bits per heavy atom. The van der Waals surface area contributed by atoms with E-state index in [1.54, 1.807) is 7.11 Å². The summed E-state index contributed by atoms with van der Waals surface area (Å²) in [6.07, 6.45) is 0. The van der Waals surface area contributed by atoms with Gasteiger partial charge in [0.25, 0.3) is 0 Å². The van der Waals surface area contributed by atoms with Crippen molar-refractivity contribution in [2.75, 3.05) is 7.11 Å². The third kappa shape index (κ3) is 2.04. The standard InChI is InChI=1S/C18H17NO/c1-20-17-9-5-8-16-15(17)11-10-14(12-19)18(16)13-6-3-2-4-7-13/h2-11H,12,19H2,1H3. The van der Waals surface area contributed by atoms with Gasteiger partial charge in [0.05, 0.1) is 7.11 Å². The van der Waals surface area contributed by atoms with Crippen molar-refractivity contribution < 1.29 is 4.74 Å². The highest BCUT2D eigenvalue weighted by Gasteiger charge is 2.11. The lowest BCUT2D eigenvalue weighted by atomic mass is 9.93. The normalized spacial score (nSPS) is 10.7. The van der Waals surface area contributed by atoms with Crippen LogP contribution in [-0.2, 0) is 6.54 Å². The van der Waals surface area contributed by atoms with E-state index in [9.17, 15) is 0 Å². The van der Waals surface area contributed by atoms with Gasteiger partial charge in [-0.25, -0.2) is 0 Å². The smallest absolute Gasteiger partial charge is 0.126 e. The topological polar surface area (TPSA) is 35.2 Å². The number of rotatable bonds is 3. The highest BCUT2D eigenvalue weighted by Crippen LogP contribution is 2.35. The highest BCUT2D eigenvalue weighted by atomic mass is 16.5. The van der Waals surface area contributed by atoms with E-state index in [2.05, 4.69) is 42.5 Å². The van der Waals surface area contributed by atoms with Gasteiger partial charge < -0.3 is 10.5 Å². The van der Waals surface area contributed by atoms with E-state index in [-0.39, 0.29) is 0 Å². The third-order valence-corrected chi connectivity index (χ3v) is 3.61. The van der Waals surface area contributed by atoms with Crippen molar-refractivity contribution in [3.05, 3.63) is 66.2 Å². The molecule has 0 heterocycles. The Morgan fingerprint density at radius 3 is 2.35 bits per heavy atom. The number of benzene rings is 3. The maximum Gasteiger partial charge on any atom is 0.126 e. The monoisotopic (exact) mass is 263 g/mol. The fourth-order valence-electron chi connectivity index (χ4n) is 2.67. The van der Waals surface area contributed by atoms with Gasteiger partial charge in [-0.1, -0.05) is 54.6 Å². The Bertz CT molecular complexity index is 735. The molecule has 0 bridgehead atoms. The van der Waals surface area contributed by atoms with Gasteiger partial charge in [0.15, 0.2) is 0 Å². The van der Waals surface area contributed by atoms with Crippen molar-refractivity contribution in [2.24, 2.45) is 5.73 Å². The van der Waals surface area contributed by atoms with Crippen LogP contribution in [0, 0.1) is 0 Å². The minimum Gasteiger partial charge on any atom is -0.496 e. The zero-order chi connectivity index (χ0) is 13.9. The van der Waals surface area contributed by atoms with Gasteiger partial charge in [-0.3, -0.25) is 0 Å². The zero-order valence-corrected chi connectivity index (χ0v) is 11.5. The molecule has 0 unspecified atom stereocenters. The van der Waals surface area contributed by atoms with Crippen LogP contribution in [0.15, 0.2) is 60.7 Å². The number of hydrogen-bond donors (Lipinski definition) is 1. The van der Waals surface area contributed by atoms with Crippen LogP contribution >= 0.6 is 0 Å². The second kappa shape index (κ2) is 5.35. The summed E-state index contributed by atoms with van der Waals surface area (Å²) < 4.78 is 5.46. The van der Waals surface area contributed by atoms with Crippen LogP contribution in [0.3, 0.4) is 0 Å². The fourth-order valence-corrected chi connectivity index (χ4v) is 2.67. The molecule has 2 N–H and O–H groups in total. The summed E-state index contributed by atoms with van der Waals surface area (Å²) in [5, 5.41) is 2.30. The second-order valence-corrected chi connectivity index (χ2v) is 4.73. The molecule has 0 aliphatic rings. The van der Waals surface area contributed by atoms with Gasteiger partial charge in [-0.05, 0) is 28.1 Å². The fraction of sp³-hybridized carbons (Fsp3) is 0.111. The van der Waals surface area contributed by atoms with Crippen molar-refractivity contribution in [1.29, 1.82) is 0 Å². The lowest BCUT2D eigenvalue weighted by molar-refractivity contribution is 0.420. The van der Waals surface area contributed by atoms with Crippen LogP contribution in [0.1, 0.15) is 5.56 Å². The second-order valence-electron chi connectivity index (χ2n) is 4.73. The SMILES string of the molecule is COc1cccc2c(-c3ccccc3)c(CN)ccc12. The molecule has 0 fully saturated rings. The largest absolute Gasteiger partial charge is 0.496 e. The summed E-state index contributed by atoms with van der Waals surface area (Å²) >= 11 is 0. The summed E-state index contributed by atoms with van der Waals surface area (Å²) in [6.45, 7) is 0.525. The summed E-state index contributed by atoms with van der Waals surface area (Å²) in [4.78, 5) is 0. The Hall–Kier alpha value is -2.32. The van der Waals surface area contributed by atoms with E-state index in [1.165, 1.54) is 16.5 Å². The number of nitrogens with two attached hydrogens (primary N) is 1. The van der Waals surface area contributed by atoms with Gasteiger partial charge >= 0.3 is 0 Å². The van der Waals surface area contributed by atoms with Crippen molar-refractivity contribution in [2.45, 2.75) is 6.54 Å². The Labute approximate surface area is 118 Å². The molecule has 0 aliphatic heterocycles. The van der Waals surface area contributed by atoms with Crippen LogP contribution in [0.4, 0.5) is 0 Å². The van der Waals surface area contributed by atoms with E-state index in [0.717, 1.165) is 16.7 Å². The molecule has 0 saturated heterocycles. The average molecular weight is 263 g/mol. The van der Waals surface area contributed by atoms with E-state index >= 15 is 0 Å². The molecular formula is C18H17NO. The van der Waals surface area contributed by atoms with E-state index in [0.29, 0.717) is 6.54 Å². The Balaban J connectivity index is 2.38. The van der Waals surface area contributed by atoms with Crippen LogP contribution in [0.25, 0.3) is 21.9 Å². The molecular weight excluding hydrogens is 246 g/mol. The molecule has 100 valence electrons. The molecule has 3 aromatic rings. The number of ether oxygens (including phenoxy) is 1. The van der Waals surface area contributed by atoms with Crippen molar-refractivity contribution in [3.8, 4) is 16.9 Å². The predicted molar refractivity (Wildman–Crippen MR) is 83.8 cm³/mol. The maximum absolute atomic E-state index is 5.92. The zero-order valence-electron chi connectivity index (χ0n) is 11.5. The first-order valence-electron chi connectivity index (χ1n) is 6.69. The number of methoxy groups -OCH3 is 1. The molecule has 0 aliphatic carbocycles. The molecule has 0 aromatic heterocycles. The lowest BCUT2D eigenvalue weighted by Gasteiger charge is -2.14. The molecule has 0 amide bonds. The van der Waals surface area contributed by atoms with Gasteiger partial charge in [0.1, 0.15) is 5.75 Å². The molecule has 2 nitrogen and oxygen atoms in total. The molecule has 0 radical (unpaired) electrons. The molecule has 3 aromatic carbocycles. The van der Waals surface area contributed by atoms with Crippen molar-refractivity contribution >= 4 is 10.8 Å².